The highest BCUT2D eigenvalue weighted by atomic mass is 15.1. The number of hydrogen-bond donors (Lipinski definition) is 0. The molecule has 2 nitrogen and oxygen atoms in total. The van der Waals surface area contributed by atoms with E-state index in [0.717, 1.165) is 6.42 Å². The maximum Gasteiger partial charge on any atom is 0.0461 e. The molecule has 218 valence electrons. The van der Waals surface area contributed by atoms with Crippen molar-refractivity contribution in [3.05, 3.63) is 175 Å². The molecule has 2 aliphatic rings. The van der Waals surface area contributed by atoms with E-state index >= 15 is 0 Å². The molecule has 2 aliphatic carbocycles. The zero-order valence-electron chi connectivity index (χ0n) is 25.3. The van der Waals surface area contributed by atoms with Gasteiger partial charge in [-0.3, -0.25) is 0 Å². The quantitative estimate of drug-likeness (QED) is 0.182. The summed E-state index contributed by atoms with van der Waals surface area (Å²) >= 11 is 0. The summed E-state index contributed by atoms with van der Waals surface area (Å²) in [6, 6.07) is 52.4. The largest absolute Gasteiger partial charge is 0.311 e. The molecule has 1 fully saturated rings. The Hall–Kier alpha value is -4.82. The van der Waals surface area contributed by atoms with Crippen LogP contribution in [-0.4, -0.2) is 0 Å². The molecule has 0 radical (unpaired) electrons. The molecule has 0 aliphatic heterocycles. The molecule has 0 aromatic heterocycles. The van der Waals surface area contributed by atoms with Crippen molar-refractivity contribution in [2.45, 2.75) is 43.9 Å². The lowest BCUT2D eigenvalue weighted by molar-refractivity contribution is 0.222. The normalized spacial score (nSPS) is 17.5. The van der Waals surface area contributed by atoms with Crippen LogP contribution in [-0.2, 0) is 5.41 Å². The van der Waals surface area contributed by atoms with Gasteiger partial charge < -0.3 is 9.80 Å². The van der Waals surface area contributed by atoms with E-state index in [9.17, 15) is 0 Å². The van der Waals surface area contributed by atoms with Gasteiger partial charge in [-0.2, -0.15) is 0 Å². The van der Waals surface area contributed by atoms with E-state index in [2.05, 4.69) is 174 Å². The number of para-hydroxylation sites is 4. The van der Waals surface area contributed by atoms with Crippen LogP contribution in [0.2, 0.25) is 0 Å². The van der Waals surface area contributed by atoms with Crippen molar-refractivity contribution in [3.63, 3.8) is 0 Å². The molecule has 0 heterocycles. The first-order valence-electron chi connectivity index (χ1n) is 16.1. The molecule has 44 heavy (non-hydrogen) atoms. The molecule has 1 unspecified atom stereocenters. The van der Waals surface area contributed by atoms with E-state index in [4.69, 9.17) is 0 Å². The maximum absolute atomic E-state index is 2.52. The number of hydrogen-bond acceptors (Lipinski definition) is 2. The van der Waals surface area contributed by atoms with Crippen LogP contribution >= 0.6 is 0 Å². The van der Waals surface area contributed by atoms with Crippen molar-refractivity contribution in [3.8, 4) is 0 Å². The summed E-state index contributed by atoms with van der Waals surface area (Å²) in [5.74, 6) is 0.477. The molecule has 0 bridgehead atoms. The summed E-state index contributed by atoms with van der Waals surface area (Å²) < 4.78 is 0. The predicted octanol–water partition coefficient (Wildman–Crippen LogP) is 11.7. The standard InChI is InChI=1S/C42H40N2/c1-6-16-36(17-7-1)43(37-18-8-2-9-19-37)40-28-24-34(25-29-40)42(32-14-5-15-33-42)35-26-30-41(31-27-35)44(38-20-10-3-11-21-38)39-22-12-4-13-23-39/h1-4,6-13,16-26,28-31,35H,5,14-15,27,32-33H2. The molecule has 0 N–H and O–H groups in total. The summed E-state index contributed by atoms with van der Waals surface area (Å²) in [5.41, 5.74) is 8.82. The van der Waals surface area contributed by atoms with Crippen LogP contribution < -0.4 is 9.80 Å². The summed E-state index contributed by atoms with van der Waals surface area (Å²) in [4.78, 5) is 4.74. The average molecular weight is 573 g/mol. The molecule has 1 saturated carbocycles. The Morgan fingerprint density at radius 3 is 1.32 bits per heavy atom. The fourth-order valence-electron chi connectivity index (χ4n) is 7.39. The fourth-order valence-corrected chi connectivity index (χ4v) is 7.39. The number of rotatable bonds is 8. The highest BCUT2D eigenvalue weighted by molar-refractivity contribution is 5.76. The molecule has 0 spiro atoms. The third kappa shape index (κ3) is 5.61. The van der Waals surface area contributed by atoms with E-state index < -0.39 is 0 Å². The van der Waals surface area contributed by atoms with Crippen molar-refractivity contribution in [1.29, 1.82) is 0 Å². The zero-order valence-corrected chi connectivity index (χ0v) is 25.3. The van der Waals surface area contributed by atoms with Gasteiger partial charge in [0.2, 0.25) is 0 Å². The Bertz CT molecular complexity index is 1610. The Labute approximate surface area is 262 Å². The lowest BCUT2D eigenvalue weighted by Gasteiger charge is -2.44. The van der Waals surface area contributed by atoms with Gasteiger partial charge in [-0.25, -0.2) is 0 Å². The van der Waals surface area contributed by atoms with Crippen LogP contribution in [0, 0.1) is 5.92 Å². The van der Waals surface area contributed by atoms with Crippen molar-refractivity contribution in [2.24, 2.45) is 5.92 Å². The fraction of sp³-hybridized carbons (Fsp3) is 0.190. The first kappa shape index (κ1) is 28.0. The van der Waals surface area contributed by atoms with Gasteiger partial charge in [-0.1, -0.05) is 116 Å². The van der Waals surface area contributed by atoms with Gasteiger partial charge in [0.1, 0.15) is 0 Å². The van der Waals surface area contributed by atoms with E-state index in [-0.39, 0.29) is 5.41 Å². The van der Waals surface area contributed by atoms with E-state index in [1.165, 1.54) is 71.8 Å². The third-order valence-corrected chi connectivity index (χ3v) is 9.55. The van der Waals surface area contributed by atoms with Crippen molar-refractivity contribution in [1.82, 2.24) is 0 Å². The van der Waals surface area contributed by atoms with Crippen molar-refractivity contribution >= 4 is 28.4 Å². The Morgan fingerprint density at radius 1 is 0.455 bits per heavy atom. The van der Waals surface area contributed by atoms with Gasteiger partial charge >= 0.3 is 0 Å². The monoisotopic (exact) mass is 572 g/mol. The molecule has 5 aromatic rings. The second-order valence-electron chi connectivity index (χ2n) is 12.1. The molecular weight excluding hydrogens is 532 g/mol. The summed E-state index contributed by atoms with van der Waals surface area (Å²) in [6.07, 6.45) is 14.8. The van der Waals surface area contributed by atoms with Crippen LogP contribution in [0.4, 0.5) is 28.4 Å². The SMILES string of the molecule is C1=CC(C2(c3ccc(N(c4ccccc4)c4ccccc4)cc3)CCCCC2)CC=C1N(c1ccccc1)c1ccccc1. The minimum absolute atomic E-state index is 0.157. The first-order valence-corrected chi connectivity index (χ1v) is 16.1. The topological polar surface area (TPSA) is 6.48 Å². The van der Waals surface area contributed by atoms with Crippen LogP contribution in [0.1, 0.15) is 44.1 Å². The predicted molar refractivity (Wildman–Crippen MR) is 186 cm³/mol. The lowest BCUT2D eigenvalue weighted by Crippen LogP contribution is -2.37. The van der Waals surface area contributed by atoms with Gasteiger partial charge in [-0.05, 0) is 97.5 Å². The van der Waals surface area contributed by atoms with Gasteiger partial charge in [0, 0.05) is 39.5 Å². The van der Waals surface area contributed by atoms with E-state index in [1.807, 2.05) is 0 Å². The van der Waals surface area contributed by atoms with Crippen LogP contribution in [0.15, 0.2) is 170 Å². The van der Waals surface area contributed by atoms with E-state index in [0.29, 0.717) is 5.92 Å². The Morgan fingerprint density at radius 2 is 0.886 bits per heavy atom. The van der Waals surface area contributed by atoms with Gasteiger partial charge in [0.25, 0.3) is 0 Å². The van der Waals surface area contributed by atoms with Gasteiger partial charge in [0.05, 0.1) is 0 Å². The molecular formula is C42H40N2. The second-order valence-corrected chi connectivity index (χ2v) is 12.1. The molecule has 1 atom stereocenters. The summed E-state index contributed by atoms with van der Waals surface area (Å²) in [5, 5.41) is 0. The lowest BCUT2D eigenvalue weighted by atomic mass is 9.60. The first-order chi connectivity index (χ1) is 21.8. The smallest absolute Gasteiger partial charge is 0.0461 e. The van der Waals surface area contributed by atoms with Crippen LogP contribution in [0.3, 0.4) is 0 Å². The number of allylic oxidation sites excluding steroid dienone is 3. The summed E-state index contributed by atoms with van der Waals surface area (Å²) in [6.45, 7) is 0. The minimum atomic E-state index is 0.157. The van der Waals surface area contributed by atoms with Gasteiger partial charge in [0.15, 0.2) is 0 Å². The zero-order chi connectivity index (χ0) is 29.6. The maximum atomic E-state index is 2.52. The second kappa shape index (κ2) is 12.8. The molecule has 7 rings (SSSR count). The molecule has 2 heteroatoms. The third-order valence-electron chi connectivity index (χ3n) is 9.55. The van der Waals surface area contributed by atoms with Gasteiger partial charge in [-0.15, -0.1) is 0 Å². The molecule has 0 amide bonds. The van der Waals surface area contributed by atoms with Crippen molar-refractivity contribution in [2.75, 3.05) is 9.80 Å². The number of nitrogens with zero attached hydrogens (tertiary/aromatic N) is 2. The average Bonchev–Trinajstić information content (AvgIpc) is 3.11. The van der Waals surface area contributed by atoms with Crippen LogP contribution in [0.5, 0.6) is 0 Å². The highest BCUT2D eigenvalue weighted by Crippen LogP contribution is 2.49. The number of anilines is 5. The van der Waals surface area contributed by atoms with E-state index in [1.54, 1.807) is 0 Å². The Kier molecular flexibility index (Phi) is 8.15. The van der Waals surface area contributed by atoms with Crippen LogP contribution in [0.25, 0.3) is 0 Å². The Balaban J connectivity index is 1.20. The molecule has 0 saturated heterocycles. The summed E-state index contributed by atoms with van der Waals surface area (Å²) in [7, 11) is 0. The number of benzene rings is 5. The molecule has 5 aromatic carbocycles. The minimum Gasteiger partial charge on any atom is -0.311 e. The van der Waals surface area contributed by atoms with Crippen molar-refractivity contribution < 1.29 is 0 Å². The highest BCUT2D eigenvalue weighted by Gasteiger charge is 2.40.